The van der Waals surface area contributed by atoms with Crippen LogP contribution < -0.4 is 4.74 Å². The van der Waals surface area contributed by atoms with Crippen LogP contribution in [0.3, 0.4) is 0 Å². The summed E-state index contributed by atoms with van der Waals surface area (Å²) in [6.45, 7) is 14.7. The lowest BCUT2D eigenvalue weighted by Gasteiger charge is -2.18. The van der Waals surface area contributed by atoms with Gasteiger partial charge in [0, 0.05) is 130 Å². The number of amides is 5. The van der Waals surface area contributed by atoms with Crippen molar-refractivity contribution in [2.45, 2.75) is 131 Å². The molecule has 5 saturated heterocycles. The van der Waals surface area contributed by atoms with Crippen LogP contribution in [0.25, 0.3) is 11.1 Å². The van der Waals surface area contributed by atoms with Crippen LogP contribution >= 0.6 is 0 Å². The third kappa shape index (κ3) is 25.9. The van der Waals surface area contributed by atoms with Gasteiger partial charge in [-0.15, -0.1) is 0 Å². The molecule has 682 valence electrons. The van der Waals surface area contributed by atoms with E-state index < -0.39 is 0 Å². The fourth-order valence-corrected chi connectivity index (χ4v) is 18.7. The van der Waals surface area contributed by atoms with Crippen molar-refractivity contribution in [3.8, 4) is 53.3 Å². The molecule has 1 aliphatic carbocycles. The molecule has 0 radical (unpaired) electrons. The quantitative estimate of drug-likeness (QED) is 0.0453. The first-order chi connectivity index (χ1) is 66.3. The minimum absolute atomic E-state index is 0.000680. The van der Waals surface area contributed by atoms with E-state index >= 15 is 0 Å². The van der Waals surface area contributed by atoms with Gasteiger partial charge in [0.25, 0.3) is 29.5 Å². The fraction of sp³-hybridized carbons (Fsp3) is 0.269. The Morgan fingerprint density at radius 3 is 0.882 bits per heavy atom. The minimum Gasteiger partial charge on any atom is -0.496 e. The molecule has 5 heterocycles. The summed E-state index contributed by atoms with van der Waals surface area (Å²) in [5.74, 6) is 1.63. The van der Waals surface area contributed by atoms with Crippen molar-refractivity contribution in [1.29, 1.82) is 31.6 Å². The second-order valence-electron chi connectivity index (χ2n) is 35.7. The normalized spacial score (nSPS) is 18.5. The number of carbonyl (C=O) groups is 5. The van der Waals surface area contributed by atoms with E-state index in [4.69, 9.17) is 10.00 Å². The highest BCUT2D eigenvalue weighted by Gasteiger charge is 2.44. The molecule has 17 nitrogen and oxygen atoms in total. The zero-order chi connectivity index (χ0) is 95.7. The molecule has 17 rings (SSSR count). The molecule has 0 spiro atoms. The van der Waals surface area contributed by atoms with Crippen LogP contribution in [0.15, 0.2) is 374 Å². The second kappa shape index (κ2) is 48.6. The Morgan fingerprint density at radius 1 is 0.316 bits per heavy atom. The number of nitriles is 6. The maximum absolute atomic E-state index is 13.1. The molecule has 5 amide bonds. The molecule has 6 unspecified atom stereocenters. The number of para-hydroxylation sites is 1. The van der Waals surface area contributed by atoms with E-state index in [2.05, 4.69) is 115 Å². The van der Waals surface area contributed by atoms with Gasteiger partial charge in [0.2, 0.25) is 0 Å². The maximum atomic E-state index is 13.1. The number of nitrogens with zero attached hydrogens (tertiary/aromatic N) is 11. The fourth-order valence-electron chi connectivity index (χ4n) is 18.7. The van der Waals surface area contributed by atoms with E-state index in [9.17, 15) is 50.3 Å². The van der Waals surface area contributed by atoms with Crippen molar-refractivity contribution < 1.29 is 28.7 Å². The summed E-state index contributed by atoms with van der Waals surface area (Å²) in [6, 6.07) is 117. The Hall–Kier alpha value is -15.8. The van der Waals surface area contributed by atoms with Crippen LogP contribution in [0.5, 0.6) is 5.75 Å². The zero-order valence-corrected chi connectivity index (χ0v) is 78.0. The third-order valence-electron chi connectivity index (χ3n) is 26.7. The lowest BCUT2D eigenvalue weighted by Crippen LogP contribution is -2.30. The Bertz CT molecular complexity index is 6220. The largest absolute Gasteiger partial charge is 0.496 e. The number of ether oxygens (including phenoxy) is 1. The molecule has 6 aliphatic rings. The molecule has 5 aliphatic heterocycles. The number of allylic oxidation sites excluding steroid dienone is 5. The number of methoxy groups -OCH3 is 1. The molecule has 11 aromatic rings. The van der Waals surface area contributed by atoms with Crippen LogP contribution in [0.2, 0.25) is 0 Å². The summed E-state index contributed by atoms with van der Waals surface area (Å²) in [5.41, 5.74) is 15.5. The highest BCUT2D eigenvalue weighted by Crippen LogP contribution is 2.50. The van der Waals surface area contributed by atoms with E-state index in [0.29, 0.717) is 87.8 Å². The number of benzene rings is 11. The molecule has 0 bridgehead atoms. The number of carbonyl (C=O) groups excluding carboxylic acids is 5. The summed E-state index contributed by atoms with van der Waals surface area (Å²) in [6.07, 6.45) is 15.6. The van der Waals surface area contributed by atoms with Gasteiger partial charge in [-0.05, 0) is 124 Å². The summed E-state index contributed by atoms with van der Waals surface area (Å²) in [4.78, 5) is 73.4. The predicted octanol–water partition coefficient (Wildman–Crippen LogP) is 22.8. The molecule has 0 N–H and O–H groups in total. The zero-order valence-electron chi connectivity index (χ0n) is 78.0. The van der Waals surface area contributed by atoms with Crippen molar-refractivity contribution >= 4 is 29.5 Å². The molecule has 0 aromatic heterocycles. The van der Waals surface area contributed by atoms with Crippen molar-refractivity contribution in [3.63, 3.8) is 0 Å². The number of rotatable bonds is 22. The van der Waals surface area contributed by atoms with Crippen LogP contribution in [0.1, 0.15) is 187 Å². The van der Waals surface area contributed by atoms with Crippen LogP contribution in [-0.2, 0) is 29.4 Å². The predicted molar refractivity (Wildman–Crippen MR) is 534 cm³/mol. The van der Waals surface area contributed by atoms with Crippen LogP contribution in [0.4, 0.5) is 0 Å². The first kappa shape index (κ1) is 97.7. The summed E-state index contributed by atoms with van der Waals surface area (Å²) in [7, 11) is 1.68. The van der Waals surface area contributed by atoms with Gasteiger partial charge in [-0.1, -0.05) is 355 Å². The average Bonchev–Trinajstić information content (AvgIpc) is 1.61. The lowest BCUT2D eigenvalue weighted by atomic mass is 9.93. The topological polar surface area (TPSA) is 254 Å². The summed E-state index contributed by atoms with van der Waals surface area (Å²) >= 11 is 0. The standard InChI is InChI=1S/C29H28N2O2.C23H21N3O.C23H22N2O.2C22H22N2O/c1-21(22-9-4-3-5-10-22)17-26(19-30)29(32)31-16-15-25(20-31)23-11-8-12-24(18-23)27-13-6-7-14-28(27)33-2;1-17(19-7-3-2-4-8-19)12-22(15-25)23(27)26-11-10-21(16-26)20-9-5-6-18(13-20)14-24;24-16-20(15-23(12-13-23)21-9-5-2-6-10-21)22(26)25-14-11-19(17-25)18-7-3-1-4-8-18;2*1-17(18-8-4-2-5-9-18)14-21(15-23)22(25)24-13-12-20(16-24)19-10-6-3-7-11-19/h3-14,17-18,21,25H,15-16,20H2,1-2H3;2-9,12-13,17,21H,10-11,16H2,1H3;1-10,15,19H,11-14,17H2;2*2-11,14,17,20H,12-13,16H2,1H3/b26-17+;22-12+;20-15+;2*21-14+/t;17-,21?;;17-,20+;/m.1.1./s1. The van der Waals surface area contributed by atoms with E-state index in [0.717, 1.165) is 96.2 Å². The highest BCUT2D eigenvalue weighted by atomic mass is 16.5. The highest BCUT2D eigenvalue weighted by molar-refractivity contribution is 6.00. The van der Waals surface area contributed by atoms with Gasteiger partial charge in [-0.2, -0.15) is 31.6 Å². The van der Waals surface area contributed by atoms with Crippen molar-refractivity contribution in [1.82, 2.24) is 24.5 Å². The Kier molecular flexibility index (Phi) is 34.9. The van der Waals surface area contributed by atoms with Crippen LogP contribution in [-0.4, -0.2) is 127 Å². The smallest absolute Gasteiger partial charge is 0.264 e. The number of likely N-dealkylation sites (tertiary alicyclic amines) is 5. The van der Waals surface area contributed by atoms with Gasteiger partial charge in [-0.3, -0.25) is 24.0 Å². The maximum Gasteiger partial charge on any atom is 0.264 e. The van der Waals surface area contributed by atoms with Gasteiger partial charge in [0.15, 0.2) is 0 Å². The molecule has 11 aromatic carbocycles. The van der Waals surface area contributed by atoms with E-state index in [1.165, 1.54) is 27.8 Å². The minimum atomic E-state index is -0.209. The first-order valence-electron chi connectivity index (χ1n) is 47.0. The van der Waals surface area contributed by atoms with Gasteiger partial charge in [-0.25, -0.2) is 0 Å². The summed E-state index contributed by atoms with van der Waals surface area (Å²) < 4.78 is 5.53. The molecular formula is C119H115N11O6. The van der Waals surface area contributed by atoms with E-state index in [1.807, 2.05) is 284 Å². The molecule has 6 fully saturated rings. The number of hydrogen-bond donors (Lipinski definition) is 0. The van der Waals surface area contributed by atoms with Crippen molar-refractivity contribution in [3.05, 3.63) is 435 Å². The van der Waals surface area contributed by atoms with Crippen LogP contribution in [0, 0.1) is 68.0 Å². The molecule has 136 heavy (non-hydrogen) atoms. The van der Waals surface area contributed by atoms with Gasteiger partial charge >= 0.3 is 0 Å². The molecule has 17 heteroatoms. The van der Waals surface area contributed by atoms with Gasteiger partial charge < -0.3 is 29.2 Å². The van der Waals surface area contributed by atoms with Gasteiger partial charge in [0.1, 0.15) is 64.0 Å². The van der Waals surface area contributed by atoms with E-state index in [-0.39, 0.29) is 92.8 Å². The Morgan fingerprint density at radius 2 is 0.581 bits per heavy atom. The molecule has 1 saturated carbocycles. The SMILES string of the molecule is CC(/C=C(\C#N)C(=O)N1CCC(c2ccccc2)C1)c1ccccc1.COc1ccccc1-c1cccc(C2CCN(C(=O)/C(C#N)=C/C(C)c3ccccc3)C2)c1.C[C@H](/C=C(\C#N)C(=O)N1CCC(c2cccc(C#N)c2)C1)c1ccccc1.C[C@H](/C=C(\C#N)C(=O)N1CC[C@H](c2ccccc2)C1)c1ccccc1.N#C/C(=C\C1(c2ccccc2)CC1)C(=O)N1CCC(c2ccccc2)C1. The Labute approximate surface area is 801 Å². The van der Waals surface area contributed by atoms with Crippen molar-refractivity contribution in [2.24, 2.45) is 0 Å². The lowest BCUT2D eigenvalue weighted by molar-refractivity contribution is -0.126. The van der Waals surface area contributed by atoms with Crippen molar-refractivity contribution in [2.75, 3.05) is 72.6 Å². The van der Waals surface area contributed by atoms with E-state index in [1.54, 1.807) is 42.4 Å². The monoisotopic (exact) mass is 1790 g/mol. The summed E-state index contributed by atoms with van der Waals surface area (Å²) in [5, 5.41) is 56.8. The van der Waals surface area contributed by atoms with Gasteiger partial charge in [0.05, 0.1) is 18.7 Å². The first-order valence-corrected chi connectivity index (χ1v) is 47.0. The average molecular weight is 1800 g/mol. The number of hydrogen-bond acceptors (Lipinski definition) is 12. The molecular weight excluding hydrogens is 1680 g/mol. The third-order valence-corrected chi connectivity index (χ3v) is 26.7. The second-order valence-corrected chi connectivity index (χ2v) is 35.7. The molecule has 9 atom stereocenters. The Balaban J connectivity index is 0.000000144.